The Bertz CT molecular complexity index is 326. The highest BCUT2D eigenvalue weighted by Crippen LogP contribution is 2.17. The lowest BCUT2D eigenvalue weighted by atomic mass is 10.1. The molecule has 0 saturated heterocycles. The summed E-state index contributed by atoms with van der Waals surface area (Å²) in [5.74, 6) is 1.64. The number of rotatable bonds is 9. The van der Waals surface area contributed by atoms with Crippen molar-refractivity contribution in [2.45, 2.75) is 26.8 Å². The van der Waals surface area contributed by atoms with E-state index in [1.165, 1.54) is 5.56 Å². The first-order chi connectivity index (χ1) is 8.74. The molecule has 18 heavy (non-hydrogen) atoms. The zero-order valence-corrected chi connectivity index (χ0v) is 11.7. The molecule has 0 unspecified atom stereocenters. The fourth-order valence-electron chi connectivity index (χ4n) is 1.61. The lowest BCUT2D eigenvalue weighted by Crippen LogP contribution is -2.11. The van der Waals surface area contributed by atoms with Crippen LogP contribution in [0.15, 0.2) is 24.3 Å². The molecule has 102 valence electrons. The van der Waals surface area contributed by atoms with Gasteiger partial charge in [-0.3, -0.25) is 0 Å². The Morgan fingerprint density at radius 2 is 1.89 bits per heavy atom. The van der Waals surface area contributed by atoms with Crippen LogP contribution in [0.2, 0.25) is 0 Å². The molecule has 3 heteroatoms. The van der Waals surface area contributed by atoms with Crippen molar-refractivity contribution in [3.8, 4) is 5.75 Å². The number of para-hydroxylation sites is 1. The molecule has 1 N–H and O–H groups in total. The lowest BCUT2D eigenvalue weighted by Gasteiger charge is -2.11. The van der Waals surface area contributed by atoms with Gasteiger partial charge in [-0.1, -0.05) is 32.0 Å². The smallest absolute Gasteiger partial charge is 0.123 e. The molecule has 0 aromatic heterocycles. The number of ether oxygens (including phenoxy) is 2. The predicted octanol–water partition coefficient (Wildman–Crippen LogP) is 2.85. The van der Waals surface area contributed by atoms with Crippen molar-refractivity contribution >= 4 is 0 Å². The molecule has 0 aliphatic carbocycles. The Morgan fingerprint density at radius 1 is 1.11 bits per heavy atom. The molecule has 0 atom stereocenters. The average molecular weight is 251 g/mol. The van der Waals surface area contributed by atoms with E-state index >= 15 is 0 Å². The van der Waals surface area contributed by atoms with Crippen LogP contribution < -0.4 is 10.1 Å². The van der Waals surface area contributed by atoms with Crippen LogP contribution in [0.5, 0.6) is 5.75 Å². The summed E-state index contributed by atoms with van der Waals surface area (Å²) in [6.07, 6.45) is 1.11. The van der Waals surface area contributed by atoms with E-state index in [4.69, 9.17) is 9.47 Å². The third kappa shape index (κ3) is 6.03. The molecule has 0 bridgehead atoms. The van der Waals surface area contributed by atoms with Crippen molar-refractivity contribution in [3.05, 3.63) is 29.8 Å². The molecule has 0 aliphatic heterocycles. The highest BCUT2D eigenvalue weighted by molar-refractivity contribution is 5.33. The van der Waals surface area contributed by atoms with Crippen molar-refractivity contribution in [2.24, 2.45) is 5.92 Å². The van der Waals surface area contributed by atoms with E-state index in [1.807, 2.05) is 25.2 Å². The zero-order chi connectivity index (χ0) is 13.2. The van der Waals surface area contributed by atoms with Gasteiger partial charge in [0, 0.05) is 18.7 Å². The summed E-state index contributed by atoms with van der Waals surface area (Å²) in [6.45, 7) is 7.31. The average Bonchev–Trinajstić information content (AvgIpc) is 2.35. The molecule has 0 fully saturated rings. The minimum Gasteiger partial charge on any atom is -0.491 e. The van der Waals surface area contributed by atoms with E-state index in [2.05, 4.69) is 25.2 Å². The fraction of sp³-hybridized carbons (Fsp3) is 0.600. The summed E-state index contributed by atoms with van der Waals surface area (Å²) in [5, 5.41) is 3.14. The Morgan fingerprint density at radius 3 is 2.61 bits per heavy atom. The topological polar surface area (TPSA) is 30.5 Å². The van der Waals surface area contributed by atoms with Gasteiger partial charge in [0.2, 0.25) is 0 Å². The van der Waals surface area contributed by atoms with E-state index in [9.17, 15) is 0 Å². The molecule has 1 rings (SSSR count). The van der Waals surface area contributed by atoms with Gasteiger partial charge in [0.15, 0.2) is 0 Å². The molecular weight excluding hydrogens is 226 g/mol. The number of nitrogens with one attached hydrogen (secondary N) is 1. The maximum atomic E-state index is 5.73. The van der Waals surface area contributed by atoms with Gasteiger partial charge >= 0.3 is 0 Å². The molecule has 1 aromatic rings. The minimum atomic E-state index is 0.610. The first-order valence-corrected chi connectivity index (χ1v) is 6.67. The molecule has 0 aliphatic rings. The largest absolute Gasteiger partial charge is 0.491 e. The first-order valence-electron chi connectivity index (χ1n) is 6.67. The monoisotopic (exact) mass is 251 g/mol. The Kier molecular flexibility index (Phi) is 7.46. The first kappa shape index (κ1) is 15.0. The Labute approximate surface area is 110 Å². The van der Waals surface area contributed by atoms with Crippen LogP contribution in [-0.4, -0.2) is 26.9 Å². The lowest BCUT2D eigenvalue weighted by molar-refractivity contribution is 0.0922. The molecule has 1 aromatic carbocycles. The van der Waals surface area contributed by atoms with Gasteiger partial charge in [-0.15, -0.1) is 0 Å². The van der Waals surface area contributed by atoms with Crippen molar-refractivity contribution in [1.82, 2.24) is 5.32 Å². The second kappa shape index (κ2) is 8.95. The minimum absolute atomic E-state index is 0.610. The van der Waals surface area contributed by atoms with Crippen molar-refractivity contribution in [2.75, 3.05) is 26.9 Å². The maximum Gasteiger partial charge on any atom is 0.123 e. The SMILES string of the molecule is CNCc1ccccc1OCCOCCC(C)C. The van der Waals surface area contributed by atoms with Crippen LogP contribution in [0.1, 0.15) is 25.8 Å². The number of benzene rings is 1. The van der Waals surface area contributed by atoms with Crippen LogP contribution >= 0.6 is 0 Å². The summed E-state index contributed by atoms with van der Waals surface area (Å²) >= 11 is 0. The Balaban J connectivity index is 2.22. The Hall–Kier alpha value is -1.06. The number of hydrogen-bond donors (Lipinski definition) is 1. The summed E-state index contributed by atoms with van der Waals surface area (Å²) in [7, 11) is 1.94. The van der Waals surface area contributed by atoms with Crippen LogP contribution in [-0.2, 0) is 11.3 Å². The van der Waals surface area contributed by atoms with Gasteiger partial charge < -0.3 is 14.8 Å². The highest BCUT2D eigenvalue weighted by atomic mass is 16.5. The molecule has 0 radical (unpaired) electrons. The van der Waals surface area contributed by atoms with E-state index in [0.717, 1.165) is 25.3 Å². The van der Waals surface area contributed by atoms with Gasteiger partial charge in [0.25, 0.3) is 0 Å². The molecule has 0 amide bonds. The summed E-state index contributed by atoms with van der Waals surface area (Å²) in [5.41, 5.74) is 1.18. The molecule has 0 heterocycles. The van der Waals surface area contributed by atoms with Crippen LogP contribution in [0.3, 0.4) is 0 Å². The third-order valence-corrected chi connectivity index (χ3v) is 2.66. The van der Waals surface area contributed by atoms with E-state index in [0.29, 0.717) is 19.1 Å². The molecule has 0 saturated carbocycles. The van der Waals surface area contributed by atoms with Crippen LogP contribution in [0.4, 0.5) is 0 Å². The van der Waals surface area contributed by atoms with Crippen molar-refractivity contribution < 1.29 is 9.47 Å². The summed E-state index contributed by atoms with van der Waals surface area (Å²) in [6, 6.07) is 8.10. The van der Waals surface area contributed by atoms with Crippen molar-refractivity contribution in [3.63, 3.8) is 0 Å². The highest BCUT2D eigenvalue weighted by Gasteiger charge is 2.01. The molecular formula is C15H25NO2. The second-order valence-corrected chi connectivity index (χ2v) is 4.78. The van der Waals surface area contributed by atoms with E-state index in [1.54, 1.807) is 0 Å². The van der Waals surface area contributed by atoms with Crippen LogP contribution in [0, 0.1) is 5.92 Å². The van der Waals surface area contributed by atoms with Crippen LogP contribution in [0.25, 0.3) is 0 Å². The van der Waals surface area contributed by atoms with Gasteiger partial charge in [-0.05, 0) is 25.5 Å². The van der Waals surface area contributed by atoms with Gasteiger partial charge in [-0.2, -0.15) is 0 Å². The fourth-order valence-corrected chi connectivity index (χ4v) is 1.61. The molecule has 3 nitrogen and oxygen atoms in total. The summed E-state index contributed by atoms with van der Waals surface area (Å²) < 4.78 is 11.3. The van der Waals surface area contributed by atoms with Crippen molar-refractivity contribution in [1.29, 1.82) is 0 Å². The zero-order valence-electron chi connectivity index (χ0n) is 11.7. The van der Waals surface area contributed by atoms with E-state index in [-0.39, 0.29) is 0 Å². The van der Waals surface area contributed by atoms with Gasteiger partial charge in [0.05, 0.1) is 6.61 Å². The van der Waals surface area contributed by atoms with Gasteiger partial charge in [-0.25, -0.2) is 0 Å². The maximum absolute atomic E-state index is 5.73. The predicted molar refractivity (Wildman–Crippen MR) is 75.0 cm³/mol. The molecule has 0 spiro atoms. The number of hydrogen-bond acceptors (Lipinski definition) is 3. The summed E-state index contributed by atoms with van der Waals surface area (Å²) in [4.78, 5) is 0. The second-order valence-electron chi connectivity index (χ2n) is 4.78. The standard InChI is InChI=1S/C15H25NO2/c1-13(2)8-9-17-10-11-18-15-7-5-4-6-14(15)12-16-3/h4-7,13,16H,8-12H2,1-3H3. The quantitative estimate of drug-likeness (QED) is 0.685. The third-order valence-electron chi connectivity index (χ3n) is 2.66. The van der Waals surface area contributed by atoms with E-state index < -0.39 is 0 Å². The normalized spacial score (nSPS) is 10.9. The van der Waals surface area contributed by atoms with Gasteiger partial charge in [0.1, 0.15) is 12.4 Å².